The number of hydrogen-bond donors (Lipinski definition) is 1. The molecule has 0 spiro atoms. The summed E-state index contributed by atoms with van der Waals surface area (Å²) in [6, 6.07) is 0. The Morgan fingerprint density at radius 1 is 1.67 bits per heavy atom. The average Bonchev–Trinajstić information content (AvgIpc) is 2.24. The number of amides is 1. The third-order valence-electron chi connectivity index (χ3n) is 1.94. The third kappa shape index (κ3) is 3.61. The smallest absolute Gasteiger partial charge is 0.266 e. The number of carbonyl (C=O) groups excluding carboxylic acids is 1. The summed E-state index contributed by atoms with van der Waals surface area (Å²) in [5, 5.41) is 2.53. The maximum absolute atomic E-state index is 11.5. The van der Waals surface area contributed by atoms with E-state index in [-0.39, 0.29) is 11.5 Å². The molecule has 0 radical (unpaired) electrons. The van der Waals surface area contributed by atoms with Gasteiger partial charge in [0.1, 0.15) is 0 Å². The Balaban J connectivity index is 2.55. The van der Waals surface area contributed by atoms with Gasteiger partial charge in [-0.15, -0.1) is 0 Å². The Morgan fingerprint density at radius 2 is 2.40 bits per heavy atom. The Bertz CT molecular complexity index is 403. The molecule has 0 aliphatic rings. The minimum absolute atomic E-state index is 0.0124. The largest absolute Gasteiger partial charge is 0.359 e. The lowest BCUT2D eigenvalue weighted by molar-refractivity contribution is -0.120. The molecule has 1 amide bonds. The summed E-state index contributed by atoms with van der Waals surface area (Å²) >= 11 is 1.95. The van der Waals surface area contributed by atoms with Crippen molar-refractivity contribution in [3.05, 3.63) is 26.4 Å². The monoisotopic (exact) mass is 321 g/mol. The van der Waals surface area contributed by atoms with E-state index < -0.39 is 0 Å². The third-order valence-corrected chi connectivity index (χ3v) is 2.68. The van der Waals surface area contributed by atoms with Crippen molar-refractivity contribution in [2.75, 3.05) is 7.05 Å². The first-order chi connectivity index (χ1) is 7.15. The molecule has 0 aliphatic heterocycles. The molecule has 0 bridgehead atoms. The van der Waals surface area contributed by atoms with Crippen LogP contribution in [0, 0.1) is 3.57 Å². The molecule has 5 nitrogen and oxygen atoms in total. The molecule has 82 valence electrons. The zero-order valence-electron chi connectivity index (χ0n) is 8.36. The standard InChI is InChI=1S/C9H12IN3O2/c1-11-8(14)3-2-4-13-6-12-5-7(10)9(13)15/h5-6H,2-4H2,1H3,(H,11,14). The highest BCUT2D eigenvalue weighted by Crippen LogP contribution is 1.96. The summed E-state index contributed by atoms with van der Waals surface area (Å²) < 4.78 is 2.11. The van der Waals surface area contributed by atoms with E-state index in [0.29, 0.717) is 23.0 Å². The van der Waals surface area contributed by atoms with Gasteiger partial charge in [-0.25, -0.2) is 4.98 Å². The van der Waals surface area contributed by atoms with Crippen LogP contribution in [0.25, 0.3) is 0 Å². The van der Waals surface area contributed by atoms with Crippen LogP contribution < -0.4 is 10.9 Å². The molecule has 0 aromatic carbocycles. The first-order valence-electron chi connectivity index (χ1n) is 4.55. The van der Waals surface area contributed by atoms with E-state index in [0.717, 1.165) is 0 Å². The second-order valence-electron chi connectivity index (χ2n) is 3.02. The topological polar surface area (TPSA) is 64.0 Å². The van der Waals surface area contributed by atoms with Crippen molar-refractivity contribution < 1.29 is 4.79 Å². The maximum Gasteiger partial charge on any atom is 0.266 e. The van der Waals surface area contributed by atoms with Crippen molar-refractivity contribution in [1.29, 1.82) is 0 Å². The molecular weight excluding hydrogens is 309 g/mol. The summed E-state index contributed by atoms with van der Waals surface area (Å²) in [5.41, 5.74) is -0.0532. The molecule has 0 atom stereocenters. The number of rotatable bonds is 4. The Labute approximate surface area is 101 Å². The minimum atomic E-state index is -0.0532. The predicted molar refractivity (Wildman–Crippen MR) is 64.5 cm³/mol. The van der Waals surface area contributed by atoms with Crippen LogP contribution >= 0.6 is 22.6 Å². The SMILES string of the molecule is CNC(=O)CCCn1cncc(I)c1=O. The van der Waals surface area contributed by atoms with Crippen LogP contribution in [0.2, 0.25) is 0 Å². The minimum Gasteiger partial charge on any atom is -0.359 e. The van der Waals surface area contributed by atoms with Gasteiger partial charge in [0.25, 0.3) is 5.56 Å². The molecule has 6 heteroatoms. The molecule has 0 unspecified atom stereocenters. The van der Waals surface area contributed by atoms with Gasteiger partial charge < -0.3 is 5.32 Å². The Hall–Kier alpha value is -0.920. The van der Waals surface area contributed by atoms with E-state index in [4.69, 9.17) is 0 Å². The van der Waals surface area contributed by atoms with E-state index in [1.54, 1.807) is 7.05 Å². The van der Waals surface area contributed by atoms with E-state index >= 15 is 0 Å². The van der Waals surface area contributed by atoms with Crippen LogP contribution in [0.3, 0.4) is 0 Å². The van der Waals surface area contributed by atoms with Gasteiger partial charge in [0.2, 0.25) is 5.91 Å². The molecule has 0 saturated heterocycles. The number of halogens is 1. The highest BCUT2D eigenvalue weighted by Gasteiger charge is 2.02. The second-order valence-corrected chi connectivity index (χ2v) is 4.18. The van der Waals surface area contributed by atoms with Gasteiger partial charge in [-0.2, -0.15) is 0 Å². The van der Waals surface area contributed by atoms with Crippen molar-refractivity contribution in [3.63, 3.8) is 0 Å². The van der Waals surface area contributed by atoms with Crippen LogP contribution in [0.15, 0.2) is 17.3 Å². The molecule has 0 aliphatic carbocycles. The van der Waals surface area contributed by atoms with Crippen LogP contribution in [0.1, 0.15) is 12.8 Å². The van der Waals surface area contributed by atoms with Crippen LogP contribution in [0.5, 0.6) is 0 Å². The van der Waals surface area contributed by atoms with Crippen LogP contribution in [-0.2, 0) is 11.3 Å². The van der Waals surface area contributed by atoms with Gasteiger partial charge in [-0.1, -0.05) is 0 Å². The first kappa shape index (κ1) is 12.2. The van der Waals surface area contributed by atoms with E-state index in [1.165, 1.54) is 17.1 Å². The summed E-state index contributed by atoms with van der Waals surface area (Å²) in [5.74, 6) is -0.0124. The quantitative estimate of drug-likeness (QED) is 0.815. The highest BCUT2D eigenvalue weighted by atomic mass is 127. The molecule has 0 saturated carbocycles. The van der Waals surface area contributed by atoms with Gasteiger partial charge >= 0.3 is 0 Å². The molecule has 1 rings (SSSR count). The molecule has 1 aromatic rings. The first-order valence-corrected chi connectivity index (χ1v) is 5.63. The maximum atomic E-state index is 11.5. The summed E-state index contributed by atoms with van der Waals surface area (Å²) in [6.45, 7) is 0.524. The fourth-order valence-electron chi connectivity index (χ4n) is 1.12. The lowest BCUT2D eigenvalue weighted by atomic mass is 10.3. The zero-order valence-corrected chi connectivity index (χ0v) is 10.5. The van der Waals surface area contributed by atoms with E-state index in [2.05, 4.69) is 10.3 Å². The number of nitrogens with one attached hydrogen (secondary N) is 1. The summed E-state index contributed by atoms with van der Waals surface area (Å²) in [4.78, 5) is 26.4. The second kappa shape index (κ2) is 5.84. The van der Waals surface area contributed by atoms with Gasteiger partial charge in [0.15, 0.2) is 0 Å². The fraction of sp³-hybridized carbons (Fsp3) is 0.444. The molecular formula is C9H12IN3O2. The molecule has 1 heterocycles. The van der Waals surface area contributed by atoms with Gasteiger partial charge in [-0.3, -0.25) is 14.2 Å². The lowest BCUT2D eigenvalue weighted by Crippen LogP contribution is -2.24. The molecule has 15 heavy (non-hydrogen) atoms. The van der Waals surface area contributed by atoms with Crippen molar-refractivity contribution >= 4 is 28.5 Å². The Morgan fingerprint density at radius 3 is 3.07 bits per heavy atom. The van der Waals surface area contributed by atoms with Crippen molar-refractivity contribution in [3.8, 4) is 0 Å². The van der Waals surface area contributed by atoms with Crippen molar-refractivity contribution in [2.24, 2.45) is 0 Å². The van der Waals surface area contributed by atoms with E-state index in [9.17, 15) is 9.59 Å². The van der Waals surface area contributed by atoms with Gasteiger partial charge in [-0.05, 0) is 29.0 Å². The number of carbonyl (C=O) groups is 1. The van der Waals surface area contributed by atoms with Gasteiger partial charge in [0, 0.05) is 26.2 Å². The average molecular weight is 321 g/mol. The fourth-order valence-corrected chi connectivity index (χ4v) is 1.59. The lowest BCUT2D eigenvalue weighted by Gasteiger charge is -2.04. The van der Waals surface area contributed by atoms with E-state index in [1.807, 2.05) is 22.6 Å². The molecule has 1 aromatic heterocycles. The highest BCUT2D eigenvalue weighted by molar-refractivity contribution is 14.1. The van der Waals surface area contributed by atoms with Crippen molar-refractivity contribution in [2.45, 2.75) is 19.4 Å². The number of aromatic nitrogens is 2. The molecule has 1 N–H and O–H groups in total. The Kier molecular flexibility index (Phi) is 4.73. The predicted octanol–water partition coefficient (Wildman–Crippen LogP) is 0.374. The van der Waals surface area contributed by atoms with Crippen LogP contribution in [0.4, 0.5) is 0 Å². The summed E-state index contributed by atoms with van der Waals surface area (Å²) in [7, 11) is 1.60. The van der Waals surface area contributed by atoms with Gasteiger partial charge in [0.05, 0.1) is 9.90 Å². The van der Waals surface area contributed by atoms with Crippen LogP contribution in [-0.4, -0.2) is 22.5 Å². The zero-order chi connectivity index (χ0) is 11.3. The molecule has 0 fully saturated rings. The number of hydrogen-bond acceptors (Lipinski definition) is 3. The summed E-state index contributed by atoms with van der Waals surface area (Å²) in [6.07, 6.45) is 4.09. The normalized spacial score (nSPS) is 10.0. The van der Waals surface area contributed by atoms with Crippen molar-refractivity contribution in [1.82, 2.24) is 14.9 Å². The number of aryl methyl sites for hydroxylation is 1. The number of nitrogens with zero attached hydrogens (tertiary/aromatic N) is 2.